The van der Waals surface area contributed by atoms with Crippen molar-refractivity contribution < 1.29 is 21.6 Å². The van der Waals surface area contributed by atoms with E-state index in [-0.39, 0.29) is 45.3 Å². The molecule has 0 spiro atoms. The van der Waals surface area contributed by atoms with Crippen LogP contribution >= 0.6 is 0 Å². The minimum atomic E-state index is -4.08. The van der Waals surface area contributed by atoms with Crippen molar-refractivity contribution in [2.24, 2.45) is 0 Å². The van der Waals surface area contributed by atoms with Crippen LogP contribution in [0.2, 0.25) is 0 Å². The molecule has 7 nitrogen and oxygen atoms in total. The van der Waals surface area contributed by atoms with Crippen molar-refractivity contribution >= 4 is 36.7 Å². The normalized spacial score (nSPS) is 12.3. The predicted molar refractivity (Wildman–Crippen MR) is 116 cm³/mol. The number of nitrogen functional groups attached to an aromatic ring is 1. The number of pyridine rings is 1. The molecule has 0 unspecified atom stereocenters. The molecule has 9 heteroatoms. The third kappa shape index (κ3) is 3.75. The molecule has 0 bridgehead atoms. The number of aromatic nitrogens is 1. The highest BCUT2D eigenvalue weighted by atomic mass is 32.2. The van der Waals surface area contributed by atoms with Crippen LogP contribution < -0.4 is 5.73 Å². The molecule has 0 atom stereocenters. The van der Waals surface area contributed by atoms with Gasteiger partial charge in [-0.2, -0.15) is 0 Å². The SMILES string of the molecule is CCCS(=O)(=O)c1c(C(=O)c2ccccc2)c2c(N)cccn2c1S(=O)(=O)CCC. The zero-order valence-electron chi connectivity index (χ0n) is 16.8. The molecule has 1 aromatic carbocycles. The summed E-state index contributed by atoms with van der Waals surface area (Å²) in [6, 6.07) is 11.2. The topological polar surface area (TPSA) is 116 Å². The van der Waals surface area contributed by atoms with E-state index < -0.39 is 30.4 Å². The summed E-state index contributed by atoms with van der Waals surface area (Å²) in [6.07, 6.45) is 2.00. The summed E-state index contributed by atoms with van der Waals surface area (Å²) in [5.74, 6) is -1.12. The Labute approximate surface area is 176 Å². The Morgan fingerprint density at radius 1 is 0.900 bits per heavy atom. The molecule has 0 saturated heterocycles. The molecule has 0 aliphatic rings. The van der Waals surface area contributed by atoms with Crippen LogP contribution in [0, 0.1) is 0 Å². The van der Waals surface area contributed by atoms with Crippen molar-refractivity contribution in [1.82, 2.24) is 4.40 Å². The van der Waals surface area contributed by atoms with Crippen LogP contribution in [0.5, 0.6) is 0 Å². The zero-order valence-corrected chi connectivity index (χ0v) is 18.5. The first-order valence-corrected chi connectivity index (χ1v) is 12.9. The molecule has 2 heterocycles. The number of hydrogen-bond donors (Lipinski definition) is 1. The van der Waals surface area contributed by atoms with Crippen LogP contribution in [-0.4, -0.2) is 38.5 Å². The van der Waals surface area contributed by atoms with Gasteiger partial charge < -0.3 is 10.1 Å². The summed E-state index contributed by atoms with van der Waals surface area (Å²) in [5, 5.41) is -0.389. The third-order valence-electron chi connectivity index (χ3n) is 4.72. The van der Waals surface area contributed by atoms with Gasteiger partial charge in [0.25, 0.3) is 0 Å². The zero-order chi connectivity index (χ0) is 22.1. The van der Waals surface area contributed by atoms with Crippen molar-refractivity contribution in [2.45, 2.75) is 36.6 Å². The Hall–Kier alpha value is -2.65. The van der Waals surface area contributed by atoms with Gasteiger partial charge in [-0.1, -0.05) is 44.2 Å². The highest BCUT2D eigenvalue weighted by Crippen LogP contribution is 2.37. The molecular weight excluding hydrogens is 424 g/mol. The molecule has 30 heavy (non-hydrogen) atoms. The van der Waals surface area contributed by atoms with Gasteiger partial charge in [0.2, 0.25) is 0 Å². The van der Waals surface area contributed by atoms with E-state index in [0.29, 0.717) is 6.42 Å². The standard InChI is InChI=1S/C21H24N2O5S2/c1-3-13-29(25,26)20-17(19(24)15-9-6-5-7-10-15)18-16(22)11-8-12-23(18)21(20)30(27,28)14-4-2/h5-12H,3-4,13-14,22H2,1-2H3. The van der Waals surface area contributed by atoms with Gasteiger partial charge in [-0.05, 0) is 25.0 Å². The number of anilines is 1. The second kappa shape index (κ2) is 8.23. The van der Waals surface area contributed by atoms with E-state index in [0.717, 1.165) is 0 Å². The Morgan fingerprint density at radius 2 is 1.50 bits per heavy atom. The number of ketones is 1. The van der Waals surface area contributed by atoms with Crippen LogP contribution in [0.3, 0.4) is 0 Å². The Kier molecular flexibility index (Phi) is 6.05. The summed E-state index contributed by atoms with van der Waals surface area (Å²) in [5.41, 5.74) is 6.41. The molecule has 3 rings (SSSR count). The van der Waals surface area contributed by atoms with Gasteiger partial charge >= 0.3 is 0 Å². The number of rotatable bonds is 8. The maximum Gasteiger partial charge on any atom is 0.196 e. The van der Waals surface area contributed by atoms with Crippen molar-refractivity contribution in [3.63, 3.8) is 0 Å². The first-order chi connectivity index (χ1) is 14.2. The van der Waals surface area contributed by atoms with Crippen LogP contribution in [0.4, 0.5) is 5.69 Å². The van der Waals surface area contributed by atoms with E-state index in [1.807, 2.05) is 0 Å². The fourth-order valence-corrected chi connectivity index (χ4v) is 7.48. The molecule has 0 fully saturated rings. The van der Waals surface area contributed by atoms with Gasteiger partial charge in [-0.25, -0.2) is 16.8 Å². The second-order valence-electron chi connectivity index (χ2n) is 7.02. The first-order valence-electron chi connectivity index (χ1n) is 9.63. The molecule has 0 saturated carbocycles. The molecule has 0 radical (unpaired) electrons. The molecule has 160 valence electrons. The van der Waals surface area contributed by atoms with Gasteiger partial charge in [0.15, 0.2) is 30.5 Å². The lowest BCUT2D eigenvalue weighted by Gasteiger charge is -2.09. The number of nitrogens with zero attached hydrogens (tertiary/aromatic N) is 1. The monoisotopic (exact) mass is 448 g/mol. The number of fused-ring (bicyclic) bond motifs is 1. The molecule has 2 N–H and O–H groups in total. The fourth-order valence-electron chi connectivity index (χ4n) is 3.54. The quantitative estimate of drug-likeness (QED) is 0.529. The van der Waals surface area contributed by atoms with Gasteiger partial charge in [-0.3, -0.25) is 4.79 Å². The Bertz CT molecular complexity index is 1310. The average molecular weight is 449 g/mol. The summed E-state index contributed by atoms with van der Waals surface area (Å²) >= 11 is 0. The number of carbonyl (C=O) groups is 1. The van der Waals surface area contributed by atoms with E-state index in [1.165, 1.54) is 22.7 Å². The highest BCUT2D eigenvalue weighted by molar-refractivity contribution is 7.94. The van der Waals surface area contributed by atoms with Gasteiger partial charge in [0, 0.05) is 11.8 Å². The fraction of sp³-hybridized carbons (Fsp3) is 0.286. The summed E-state index contributed by atoms with van der Waals surface area (Å²) in [6.45, 7) is 3.37. The summed E-state index contributed by atoms with van der Waals surface area (Å²) < 4.78 is 54.1. The van der Waals surface area contributed by atoms with E-state index in [4.69, 9.17) is 5.73 Å². The number of sulfone groups is 2. The van der Waals surface area contributed by atoms with Crippen molar-refractivity contribution in [1.29, 1.82) is 0 Å². The van der Waals surface area contributed by atoms with Crippen LogP contribution in [0.1, 0.15) is 42.6 Å². The maximum atomic E-state index is 13.5. The van der Waals surface area contributed by atoms with Crippen molar-refractivity contribution in [2.75, 3.05) is 17.2 Å². The molecule has 2 aromatic heterocycles. The Morgan fingerprint density at radius 3 is 2.10 bits per heavy atom. The summed E-state index contributed by atoms with van der Waals surface area (Å²) in [4.78, 5) is 13.0. The van der Waals surface area contributed by atoms with Crippen LogP contribution in [0.15, 0.2) is 58.6 Å². The van der Waals surface area contributed by atoms with Crippen LogP contribution in [-0.2, 0) is 19.7 Å². The second-order valence-corrected chi connectivity index (χ2v) is 11.1. The lowest BCUT2D eigenvalue weighted by molar-refractivity contribution is 0.103. The van der Waals surface area contributed by atoms with E-state index in [1.54, 1.807) is 44.2 Å². The van der Waals surface area contributed by atoms with Crippen LogP contribution in [0.25, 0.3) is 5.52 Å². The lowest BCUT2D eigenvalue weighted by atomic mass is 10.0. The van der Waals surface area contributed by atoms with Crippen molar-refractivity contribution in [3.05, 3.63) is 59.8 Å². The molecule has 0 amide bonds. The lowest BCUT2D eigenvalue weighted by Crippen LogP contribution is -2.17. The molecular formula is C21H24N2O5S2. The van der Waals surface area contributed by atoms with E-state index in [2.05, 4.69) is 0 Å². The third-order valence-corrected chi connectivity index (χ3v) is 8.75. The number of hydrogen-bond acceptors (Lipinski definition) is 6. The first kappa shape index (κ1) is 22.0. The smallest absolute Gasteiger partial charge is 0.196 e. The molecule has 3 aromatic rings. The minimum Gasteiger partial charge on any atom is -0.397 e. The Balaban J connectivity index is 2.56. The molecule has 0 aliphatic carbocycles. The summed E-state index contributed by atoms with van der Waals surface area (Å²) in [7, 11) is -8.09. The minimum absolute atomic E-state index is 0.0932. The van der Waals surface area contributed by atoms with Gasteiger partial charge in [0.1, 0.15) is 4.90 Å². The maximum absolute atomic E-state index is 13.5. The average Bonchev–Trinajstić information content (AvgIpc) is 3.06. The molecule has 0 aliphatic heterocycles. The van der Waals surface area contributed by atoms with Gasteiger partial charge in [0.05, 0.1) is 28.3 Å². The van der Waals surface area contributed by atoms with Crippen molar-refractivity contribution in [3.8, 4) is 0 Å². The number of carbonyl (C=O) groups excluding carboxylic acids is 1. The van der Waals surface area contributed by atoms with E-state index in [9.17, 15) is 21.6 Å². The van der Waals surface area contributed by atoms with Gasteiger partial charge in [-0.15, -0.1) is 0 Å². The van der Waals surface area contributed by atoms with E-state index >= 15 is 0 Å². The highest BCUT2D eigenvalue weighted by Gasteiger charge is 2.37. The number of nitrogens with two attached hydrogens (primary N) is 1. The predicted octanol–water partition coefficient (Wildman–Crippen LogP) is 3.12. The number of benzene rings is 1. The largest absolute Gasteiger partial charge is 0.397 e.